The Kier molecular flexibility index (Phi) is 8.53. The van der Waals surface area contributed by atoms with Crippen LogP contribution in [0.4, 0.5) is 0 Å². The van der Waals surface area contributed by atoms with Crippen LogP contribution in [0.3, 0.4) is 0 Å². The third kappa shape index (κ3) is 5.04. The molecule has 2 aliphatic carbocycles. The standard InChI is InChI=1S/C42H32.2C4H9.Ti/c1-27-25-33-17-7-15-31(41(33)39(27)37-21-9-13-29-11-3-5-19-35(29)37)23-24-32-16-8-18-34-26-28(2)40(42(32)34)38-22-10-14-30-12-4-6-20-36(30)38;2*1-3-4-2;/h3-22,25-26H,23-24H2,1-2H3;2*1,3-4H2,2H3;. The minimum atomic E-state index is -3.01. The van der Waals surface area contributed by atoms with Crippen LogP contribution in [0.1, 0.15) is 106 Å². The summed E-state index contributed by atoms with van der Waals surface area (Å²) in [5.41, 5.74) is 18.9. The second-order valence-corrected chi connectivity index (χ2v) is 23.0. The van der Waals surface area contributed by atoms with E-state index >= 15 is 0 Å². The van der Waals surface area contributed by atoms with Crippen molar-refractivity contribution in [3.05, 3.63) is 177 Å². The van der Waals surface area contributed by atoms with Crippen LogP contribution in [0.5, 0.6) is 0 Å². The molecule has 0 aromatic heterocycles. The van der Waals surface area contributed by atoms with Crippen molar-refractivity contribution in [2.24, 2.45) is 0 Å². The van der Waals surface area contributed by atoms with Gasteiger partial charge in [0.25, 0.3) is 0 Å². The van der Waals surface area contributed by atoms with E-state index in [2.05, 4.69) is 149 Å². The Hall–Kier alpha value is -3.97. The van der Waals surface area contributed by atoms with Crippen LogP contribution < -0.4 is 0 Å². The average Bonchev–Trinajstić information content (AvgIpc) is 3.64. The van der Waals surface area contributed by atoms with Gasteiger partial charge in [-0.15, -0.1) is 0 Å². The Bertz CT molecular complexity index is 2210. The normalized spacial score (nSPS) is 18.9. The monoisotopic (exact) mass is 698 g/mol. The van der Waals surface area contributed by atoms with Gasteiger partial charge in [-0.2, -0.15) is 0 Å². The maximum absolute atomic E-state index is 3.01. The molecule has 3 aliphatic rings. The number of hydrogen-bond donors (Lipinski definition) is 0. The second-order valence-electron chi connectivity index (χ2n) is 15.7. The quantitative estimate of drug-likeness (QED) is 0.139. The molecule has 0 N–H and O–H groups in total. The van der Waals surface area contributed by atoms with Crippen molar-refractivity contribution in [1.82, 2.24) is 0 Å². The van der Waals surface area contributed by atoms with Crippen LogP contribution in [-0.2, 0) is 29.4 Å². The predicted molar refractivity (Wildman–Crippen MR) is 216 cm³/mol. The number of benzene rings is 6. The fourth-order valence-corrected chi connectivity index (χ4v) is 22.8. The van der Waals surface area contributed by atoms with Crippen molar-refractivity contribution in [3.63, 3.8) is 0 Å². The summed E-state index contributed by atoms with van der Waals surface area (Å²) in [6.07, 6.45) is 7.30. The molecule has 0 nitrogen and oxygen atoms in total. The Balaban J connectivity index is 1.40. The van der Waals surface area contributed by atoms with Gasteiger partial charge in [-0.3, -0.25) is 0 Å². The van der Waals surface area contributed by atoms with Gasteiger partial charge in [-0.25, -0.2) is 0 Å². The van der Waals surface area contributed by atoms with Gasteiger partial charge in [0.1, 0.15) is 0 Å². The van der Waals surface area contributed by atoms with E-state index in [9.17, 15) is 0 Å². The van der Waals surface area contributed by atoms with Crippen LogP contribution in [0.15, 0.2) is 132 Å². The zero-order valence-electron chi connectivity index (χ0n) is 30.9. The third-order valence-corrected chi connectivity index (χ3v) is 23.0. The fraction of sp³-hybridized carbons (Fsp3) is 0.280. The van der Waals surface area contributed by atoms with Crippen LogP contribution in [-0.4, -0.2) is 0 Å². The molecule has 0 radical (unpaired) electrons. The number of allylic oxidation sites excluding steroid dienone is 2. The second kappa shape index (κ2) is 13.2. The summed E-state index contributed by atoms with van der Waals surface area (Å²) in [7, 11) is 0. The first kappa shape index (κ1) is 32.9. The van der Waals surface area contributed by atoms with Crippen molar-refractivity contribution < 1.29 is 16.6 Å². The molecule has 1 heteroatoms. The van der Waals surface area contributed by atoms with Gasteiger partial charge in [0, 0.05) is 0 Å². The molecule has 0 fully saturated rings. The van der Waals surface area contributed by atoms with E-state index in [1.54, 1.807) is 55.7 Å². The van der Waals surface area contributed by atoms with E-state index in [-0.39, 0.29) is 0 Å². The number of unbranched alkanes of at least 4 members (excludes halogenated alkanes) is 2. The Morgan fingerprint density at radius 3 is 1.35 bits per heavy atom. The molecule has 51 heavy (non-hydrogen) atoms. The summed E-state index contributed by atoms with van der Waals surface area (Å²) in [5.74, 6) is 0. The van der Waals surface area contributed by atoms with Gasteiger partial charge >= 0.3 is 310 Å². The van der Waals surface area contributed by atoms with Crippen LogP contribution >= 0.6 is 0 Å². The van der Waals surface area contributed by atoms with Gasteiger partial charge in [-0.05, 0) is 0 Å². The van der Waals surface area contributed by atoms with Crippen molar-refractivity contribution in [3.8, 4) is 0 Å². The molecule has 9 rings (SSSR count). The van der Waals surface area contributed by atoms with E-state index in [0.717, 1.165) is 12.8 Å². The predicted octanol–water partition coefficient (Wildman–Crippen LogP) is 14.1. The molecule has 6 aromatic rings. The SMILES string of the molecule is CCC[CH2][Ti]1([CH2]CCC)[CH]2C(C)=C(c3cccc4ccccc34)c3c(cccc32)CCc2cccc3c2C(c2cccc4ccccc24)=C(C)[CH]31. The fourth-order valence-electron chi connectivity index (χ4n) is 11.1. The van der Waals surface area contributed by atoms with E-state index < -0.39 is 16.6 Å². The molecule has 0 amide bonds. The third-order valence-electron chi connectivity index (χ3n) is 13.1. The van der Waals surface area contributed by atoms with Crippen LogP contribution in [0, 0.1) is 0 Å². The van der Waals surface area contributed by atoms with Gasteiger partial charge in [-0.1, -0.05) is 0 Å². The minimum absolute atomic E-state index is 0.536. The van der Waals surface area contributed by atoms with Crippen molar-refractivity contribution >= 4 is 32.7 Å². The van der Waals surface area contributed by atoms with Gasteiger partial charge in [0.2, 0.25) is 0 Å². The van der Waals surface area contributed by atoms with Gasteiger partial charge in [0.15, 0.2) is 0 Å². The number of aryl methyl sites for hydroxylation is 2. The van der Waals surface area contributed by atoms with Crippen LogP contribution in [0.25, 0.3) is 32.7 Å². The first-order valence-corrected chi connectivity index (χ1v) is 23.7. The Morgan fingerprint density at radius 1 is 0.490 bits per heavy atom. The van der Waals surface area contributed by atoms with Gasteiger partial charge < -0.3 is 0 Å². The van der Waals surface area contributed by atoms with Gasteiger partial charge in [0.05, 0.1) is 0 Å². The topological polar surface area (TPSA) is 0 Å². The Labute approximate surface area is 308 Å². The zero-order chi connectivity index (χ0) is 34.7. The first-order chi connectivity index (χ1) is 25.1. The summed E-state index contributed by atoms with van der Waals surface area (Å²) in [4.78, 5) is 0. The summed E-state index contributed by atoms with van der Waals surface area (Å²) >= 11 is -3.01. The van der Waals surface area contributed by atoms with Crippen molar-refractivity contribution in [1.29, 1.82) is 0 Å². The zero-order valence-corrected chi connectivity index (χ0v) is 32.4. The molecule has 2 atom stereocenters. The molecule has 1 aliphatic heterocycles. The van der Waals surface area contributed by atoms with Crippen molar-refractivity contribution in [2.45, 2.75) is 84.1 Å². The summed E-state index contributed by atoms with van der Waals surface area (Å²) in [5, 5.41) is 5.48. The maximum atomic E-state index is 2.58. The molecule has 1 heterocycles. The van der Waals surface area contributed by atoms with E-state index in [1.165, 1.54) is 67.8 Å². The molecular formula is C50H50Ti. The van der Waals surface area contributed by atoms with E-state index in [0.29, 0.717) is 8.45 Å². The van der Waals surface area contributed by atoms with Crippen molar-refractivity contribution in [2.75, 3.05) is 0 Å². The molecule has 0 saturated heterocycles. The summed E-state index contributed by atoms with van der Waals surface area (Å²) < 4.78 is 3.90. The molecule has 8 bridgehead atoms. The van der Waals surface area contributed by atoms with Crippen LogP contribution in [0.2, 0.25) is 9.45 Å². The average molecular weight is 699 g/mol. The summed E-state index contributed by atoms with van der Waals surface area (Å²) in [6, 6.07) is 47.2. The molecular weight excluding hydrogens is 648 g/mol. The number of fused-ring (bicyclic) bond motifs is 2. The van der Waals surface area contributed by atoms with E-state index in [4.69, 9.17) is 0 Å². The summed E-state index contributed by atoms with van der Waals surface area (Å²) in [6.45, 7) is 10.0. The Morgan fingerprint density at radius 2 is 0.902 bits per heavy atom. The molecule has 2 unspecified atom stereocenters. The molecule has 6 aromatic carbocycles. The molecule has 0 saturated carbocycles. The first-order valence-electron chi connectivity index (χ1n) is 19.7. The molecule has 0 spiro atoms. The number of rotatable bonds is 8. The van der Waals surface area contributed by atoms with E-state index in [1.807, 2.05) is 0 Å². The number of hydrogen-bond acceptors (Lipinski definition) is 0. The molecule has 254 valence electrons.